The Morgan fingerprint density at radius 3 is 2.43 bits per heavy atom. The summed E-state index contributed by atoms with van der Waals surface area (Å²) < 4.78 is 45.0. The number of nitrogens with zero attached hydrogens (tertiary/aromatic N) is 5. The minimum atomic E-state index is -4.53. The summed E-state index contributed by atoms with van der Waals surface area (Å²) in [5, 5.41) is 9.56. The number of alkyl halides is 3. The van der Waals surface area contributed by atoms with Crippen LogP contribution in [-0.2, 0) is 11.0 Å². The van der Waals surface area contributed by atoms with E-state index < -0.39 is 29.8 Å². The van der Waals surface area contributed by atoms with Crippen LogP contribution in [0.2, 0.25) is 0 Å². The topological polar surface area (TPSA) is 99.1 Å². The van der Waals surface area contributed by atoms with Crippen LogP contribution in [0, 0.1) is 0 Å². The summed E-state index contributed by atoms with van der Waals surface area (Å²) in [5.74, 6) is 0.514. The monoisotopic (exact) mass is 519 g/mol. The Balaban J connectivity index is 1.25. The molecule has 2 aliphatic heterocycles. The lowest BCUT2D eigenvalue weighted by Gasteiger charge is -2.39. The third kappa shape index (κ3) is 5.48. The van der Waals surface area contributed by atoms with Crippen molar-refractivity contribution in [3.8, 4) is 5.88 Å². The molecule has 3 fully saturated rings. The van der Waals surface area contributed by atoms with Crippen LogP contribution < -0.4 is 4.74 Å². The third-order valence-corrected chi connectivity index (χ3v) is 7.30. The van der Waals surface area contributed by atoms with Crippen molar-refractivity contribution in [1.82, 2.24) is 24.7 Å². The summed E-state index contributed by atoms with van der Waals surface area (Å²) >= 11 is 0. The minimum Gasteiger partial charge on any atom is -0.472 e. The second kappa shape index (κ2) is 9.81. The Labute approximate surface area is 211 Å². The normalized spacial score (nSPS) is 22.9. The zero-order valence-corrected chi connectivity index (χ0v) is 20.3. The van der Waals surface area contributed by atoms with Crippen molar-refractivity contribution >= 4 is 12.0 Å². The highest BCUT2D eigenvalue weighted by Crippen LogP contribution is 2.39. The van der Waals surface area contributed by atoms with Gasteiger partial charge in [-0.1, -0.05) is 12.1 Å². The molecule has 2 aromatic rings. The minimum absolute atomic E-state index is 0.0183. The summed E-state index contributed by atoms with van der Waals surface area (Å²) in [4.78, 5) is 38.7. The van der Waals surface area contributed by atoms with Gasteiger partial charge in [-0.05, 0) is 30.5 Å². The maximum absolute atomic E-state index is 13.5. The van der Waals surface area contributed by atoms with E-state index in [1.54, 1.807) is 17.3 Å². The quantitative estimate of drug-likeness (QED) is 0.625. The van der Waals surface area contributed by atoms with E-state index >= 15 is 0 Å². The molecule has 1 aromatic heterocycles. The van der Waals surface area contributed by atoms with Gasteiger partial charge < -0.3 is 14.7 Å². The summed E-state index contributed by atoms with van der Waals surface area (Å²) in [7, 11) is 1.24. The van der Waals surface area contributed by atoms with E-state index in [1.807, 2.05) is 0 Å². The smallest absolute Gasteiger partial charge is 0.416 e. The van der Waals surface area contributed by atoms with Gasteiger partial charge in [0.2, 0.25) is 11.8 Å². The number of fused-ring (bicyclic) bond motifs is 1. The Morgan fingerprint density at radius 1 is 1.11 bits per heavy atom. The first-order chi connectivity index (χ1) is 17.6. The van der Waals surface area contributed by atoms with E-state index in [9.17, 15) is 27.9 Å². The number of carbonyl (C=O) groups excluding carboxylic acids is 1. The van der Waals surface area contributed by atoms with Crippen LogP contribution in [0.5, 0.6) is 5.88 Å². The van der Waals surface area contributed by atoms with Gasteiger partial charge in [-0.3, -0.25) is 19.6 Å². The number of hydrogen-bond donors (Lipinski definition) is 1. The molecular formula is C25H28F3N5O4. The summed E-state index contributed by atoms with van der Waals surface area (Å²) in [6.45, 7) is 2.01. The van der Waals surface area contributed by atoms with Crippen LogP contribution in [-0.4, -0.2) is 87.1 Å². The highest BCUT2D eigenvalue weighted by Gasteiger charge is 2.41. The Bertz CT molecular complexity index is 1140. The molecule has 3 heterocycles. The Morgan fingerprint density at radius 2 is 1.84 bits per heavy atom. The van der Waals surface area contributed by atoms with E-state index in [1.165, 1.54) is 7.05 Å². The van der Waals surface area contributed by atoms with Crippen molar-refractivity contribution < 1.29 is 32.6 Å². The van der Waals surface area contributed by atoms with Crippen molar-refractivity contribution in [3.63, 3.8) is 0 Å². The number of piperazine rings is 1. The van der Waals surface area contributed by atoms with E-state index in [0.29, 0.717) is 44.4 Å². The van der Waals surface area contributed by atoms with Crippen LogP contribution in [0.15, 0.2) is 36.7 Å². The molecule has 3 aliphatic rings. The fourth-order valence-electron chi connectivity index (χ4n) is 5.10. The zero-order valence-electron chi connectivity index (χ0n) is 20.3. The molecule has 0 radical (unpaired) electrons. The van der Waals surface area contributed by atoms with Crippen molar-refractivity contribution in [1.29, 1.82) is 0 Å². The highest BCUT2D eigenvalue weighted by atomic mass is 19.4. The van der Waals surface area contributed by atoms with Gasteiger partial charge in [0.05, 0.1) is 23.7 Å². The van der Waals surface area contributed by atoms with Crippen LogP contribution in [0.4, 0.5) is 18.0 Å². The largest absolute Gasteiger partial charge is 0.472 e. The molecule has 1 saturated carbocycles. The van der Waals surface area contributed by atoms with Gasteiger partial charge in [-0.25, -0.2) is 9.78 Å². The fraction of sp³-hybridized carbons (Fsp3) is 0.520. The van der Waals surface area contributed by atoms with Crippen LogP contribution in [0.25, 0.3) is 0 Å². The molecule has 1 aromatic carbocycles. The lowest BCUT2D eigenvalue weighted by atomic mass is 10.0. The van der Waals surface area contributed by atoms with Crippen molar-refractivity contribution in [2.45, 2.75) is 49.5 Å². The molecular weight excluding hydrogens is 491 g/mol. The van der Waals surface area contributed by atoms with E-state index in [-0.39, 0.29) is 17.7 Å². The second-order valence-corrected chi connectivity index (χ2v) is 9.88. The predicted molar refractivity (Wildman–Crippen MR) is 125 cm³/mol. The number of carbonyl (C=O) groups is 2. The first-order valence-electron chi connectivity index (χ1n) is 12.2. The molecule has 2 amide bonds. The molecule has 1 aliphatic carbocycles. The lowest BCUT2D eigenvalue weighted by molar-refractivity contribution is -0.138. The molecule has 1 N–H and O–H groups in total. The van der Waals surface area contributed by atoms with Crippen molar-refractivity contribution in [3.05, 3.63) is 53.5 Å². The average Bonchev–Trinajstić information content (AvgIpc) is 3.63. The number of aromatic nitrogens is 2. The predicted octanol–water partition coefficient (Wildman–Crippen LogP) is 3.39. The molecule has 3 atom stereocenters. The molecule has 9 nitrogen and oxygen atoms in total. The Hall–Kier alpha value is -3.41. The molecule has 0 bridgehead atoms. The summed E-state index contributed by atoms with van der Waals surface area (Å²) in [5.41, 5.74) is 0.309. The number of amides is 2. The molecule has 2 saturated heterocycles. The summed E-state index contributed by atoms with van der Waals surface area (Å²) in [6.07, 6.45) is 0.367. The SMILES string of the molecule is CN(C(=O)O)C(C(=O)N1CCN2C[C@H](Oc3cnc(C4CC4)cn3)C[C@H]2C1)c1ccc(C(F)(F)F)cc1. The first-order valence-corrected chi connectivity index (χ1v) is 12.2. The standard InChI is InChI=1S/C25H28F3N5O4/c1-31(24(35)36)22(16-4-6-17(7-5-16)25(26,27)28)23(34)33-9-8-32-14-19(10-18(32)13-33)37-21-12-29-20(11-30-21)15-2-3-15/h4-7,11-12,15,18-19,22H,2-3,8-10,13-14H2,1H3,(H,35,36)/t18-,19+,22?/m0/s1. The Kier molecular flexibility index (Phi) is 6.69. The molecule has 1 unspecified atom stereocenters. The number of hydrogen-bond acceptors (Lipinski definition) is 6. The molecule has 12 heteroatoms. The zero-order chi connectivity index (χ0) is 26.3. The maximum atomic E-state index is 13.5. The first kappa shape index (κ1) is 25.2. The van der Waals surface area contributed by atoms with Crippen molar-refractivity contribution in [2.24, 2.45) is 0 Å². The van der Waals surface area contributed by atoms with Gasteiger partial charge in [-0.2, -0.15) is 13.2 Å². The van der Waals surface area contributed by atoms with Gasteiger partial charge in [0.1, 0.15) is 12.1 Å². The average molecular weight is 520 g/mol. The van der Waals surface area contributed by atoms with Gasteiger partial charge in [0, 0.05) is 51.6 Å². The molecule has 0 spiro atoms. The van der Waals surface area contributed by atoms with Crippen molar-refractivity contribution in [2.75, 3.05) is 33.2 Å². The van der Waals surface area contributed by atoms with Gasteiger partial charge in [-0.15, -0.1) is 0 Å². The van der Waals surface area contributed by atoms with E-state index in [4.69, 9.17) is 4.74 Å². The molecule has 198 valence electrons. The maximum Gasteiger partial charge on any atom is 0.416 e. The van der Waals surface area contributed by atoms with Gasteiger partial charge in [0.25, 0.3) is 0 Å². The number of carboxylic acid groups (broad SMARTS) is 1. The molecule has 5 rings (SSSR count). The van der Waals surface area contributed by atoms with E-state index in [0.717, 1.165) is 47.7 Å². The number of halogens is 3. The van der Waals surface area contributed by atoms with Crippen LogP contribution >= 0.6 is 0 Å². The van der Waals surface area contributed by atoms with E-state index in [2.05, 4.69) is 14.9 Å². The van der Waals surface area contributed by atoms with Gasteiger partial charge in [0.15, 0.2) is 0 Å². The fourth-order valence-corrected chi connectivity index (χ4v) is 5.10. The van der Waals surface area contributed by atoms with Gasteiger partial charge >= 0.3 is 12.3 Å². The van der Waals surface area contributed by atoms with Crippen LogP contribution in [0.1, 0.15) is 48.0 Å². The highest BCUT2D eigenvalue weighted by molar-refractivity contribution is 5.86. The number of rotatable bonds is 6. The lowest BCUT2D eigenvalue weighted by Crippen LogP contribution is -2.54. The second-order valence-electron chi connectivity index (χ2n) is 9.88. The number of likely N-dealkylation sites (N-methyl/N-ethyl adjacent to an activating group) is 1. The summed E-state index contributed by atoms with van der Waals surface area (Å²) in [6, 6.07) is 2.82. The number of ether oxygens (including phenoxy) is 1. The number of benzene rings is 1. The third-order valence-electron chi connectivity index (χ3n) is 7.30. The van der Waals surface area contributed by atoms with Crippen LogP contribution in [0.3, 0.4) is 0 Å². The molecule has 37 heavy (non-hydrogen) atoms.